The first-order valence-corrected chi connectivity index (χ1v) is 8.76. The normalized spacial score (nSPS) is 11.2. The highest BCUT2D eigenvalue weighted by atomic mass is 19.4. The Kier molecular flexibility index (Phi) is 5.77. The van der Waals surface area contributed by atoms with Crippen LogP contribution in [0, 0.1) is 6.92 Å². The van der Waals surface area contributed by atoms with Crippen molar-refractivity contribution in [2.24, 2.45) is 0 Å². The lowest BCUT2D eigenvalue weighted by Crippen LogP contribution is -2.17. The van der Waals surface area contributed by atoms with E-state index in [1.165, 1.54) is 12.1 Å². The summed E-state index contributed by atoms with van der Waals surface area (Å²) in [5, 5.41) is 2.34. The number of aromatic nitrogens is 1. The van der Waals surface area contributed by atoms with E-state index in [1.807, 2.05) is 25.1 Å². The van der Waals surface area contributed by atoms with Crippen molar-refractivity contribution in [3.8, 4) is 11.1 Å². The van der Waals surface area contributed by atoms with Crippen molar-refractivity contribution in [3.63, 3.8) is 0 Å². The first-order chi connectivity index (χ1) is 13.7. The number of hydrogen-bond donors (Lipinski definition) is 1. The van der Waals surface area contributed by atoms with Gasteiger partial charge in [-0.1, -0.05) is 24.3 Å². The van der Waals surface area contributed by atoms with Gasteiger partial charge in [-0.05, 0) is 54.4 Å². The number of pyridine rings is 1. The fourth-order valence-corrected chi connectivity index (χ4v) is 2.82. The van der Waals surface area contributed by atoms with Gasteiger partial charge in [-0.2, -0.15) is 13.2 Å². The minimum Gasteiger partial charge on any atom is -0.326 e. The highest BCUT2D eigenvalue weighted by Gasteiger charge is 2.30. The molecule has 3 rings (SSSR count). The minimum atomic E-state index is -4.51. The summed E-state index contributed by atoms with van der Waals surface area (Å²) < 4.78 is 38.3. The van der Waals surface area contributed by atoms with Crippen molar-refractivity contribution in [3.05, 3.63) is 83.7 Å². The second-order valence-electron chi connectivity index (χ2n) is 6.49. The molecule has 0 spiro atoms. The third-order valence-electron chi connectivity index (χ3n) is 4.21. The molecule has 0 unspecified atom stereocenters. The Bertz CT molecular complexity index is 1060. The molecule has 0 saturated heterocycles. The SMILES string of the molecule is Cc1cc(-c2cccc(C(=O)CC(=O)Nc3cccc(C(F)(F)F)c3)c2)ccn1. The molecular formula is C22H17F3N2O2. The largest absolute Gasteiger partial charge is 0.416 e. The number of hydrogen-bond acceptors (Lipinski definition) is 3. The molecule has 0 aliphatic carbocycles. The molecule has 1 N–H and O–H groups in total. The molecule has 0 saturated carbocycles. The van der Waals surface area contributed by atoms with E-state index in [2.05, 4.69) is 10.3 Å². The molecule has 3 aromatic rings. The summed E-state index contributed by atoms with van der Waals surface area (Å²) in [6.07, 6.45) is -3.32. The molecule has 2 aromatic carbocycles. The van der Waals surface area contributed by atoms with Crippen LogP contribution in [0.25, 0.3) is 11.1 Å². The summed E-state index contributed by atoms with van der Waals surface area (Å²) in [6, 6.07) is 14.8. The average molecular weight is 398 g/mol. The summed E-state index contributed by atoms with van der Waals surface area (Å²) in [4.78, 5) is 28.7. The molecular weight excluding hydrogens is 381 g/mol. The molecule has 0 aliphatic rings. The smallest absolute Gasteiger partial charge is 0.326 e. The van der Waals surface area contributed by atoms with Gasteiger partial charge in [0.25, 0.3) is 0 Å². The zero-order chi connectivity index (χ0) is 21.0. The zero-order valence-electron chi connectivity index (χ0n) is 15.5. The van der Waals surface area contributed by atoms with Crippen LogP contribution in [-0.4, -0.2) is 16.7 Å². The van der Waals surface area contributed by atoms with Gasteiger partial charge in [-0.15, -0.1) is 0 Å². The van der Waals surface area contributed by atoms with Crippen LogP contribution < -0.4 is 5.32 Å². The number of nitrogens with one attached hydrogen (secondary N) is 1. The number of alkyl halides is 3. The molecule has 0 fully saturated rings. The van der Waals surface area contributed by atoms with Crippen molar-refractivity contribution in [1.82, 2.24) is 4.98 Å². The van der Waals surface area contributed by atoms with E-state index in [0.717, 1.165) is 29.0 Å². The number of Topliss-reactive ketones (excluding diaryl/α,β-unsaturated/α-hetero) is 1. The summed E-state index contributed by atoms with van der Waals surface area (Å²) in [5.74, 6) is -1.11. The minimum absolute atomic E-state index is 0.0152. The molecule has 1 amide bonds. The van der Waals surface area contributed by atoms with Crippen LogP contribution >= 0.6 is 0 Å². The molecule has 0 radical (unpaired) electrons. The maximum Gasteiger partial charge on any atom is 0.416 e. The predicted octanol–water partition coefficient (Wildman–Crippen LogP) is 5.29. The Hall–Kier alpha value is -3.48. The highest BCUT2D eigenvalue weighted by molar-refractivity contribution is 6.11. The van der Waals surface area contributed by atoms with Crippen molar-refractivity contribution in [1.29, 1.82) is 0 Å². The Morgan fingerprint density at radius 1 is 0.966 bits per heavy atom. The number of nitrogens with zero attached hydrogens (tertiary/aromatic N) is 1. The number of carbonyl (C=O) groups is 2. The van der Waals surface area contributed by atoms with E-state index in [4.69, 9.17) is 0 Å². The van der Waals surface area contributed by atoms with Gasteiger partial charge in [-0.3, -0.25) is 14.6 Å². The molecule has 29 heavy (non-hydrogen) atoms. The lowest BCUT2D eigenvalue weighted by molar-refractivity contribution is -0.137. The van der Waals surface area contributed by atoms with Gasteiger partial charge in [0.2, 0.25) is 5.91 Å². The Labute approximate surface area is 165 Å². The average Bonchev–Trinajstić information content (AvgIpc) is 2.67. The summed E-state index contributed by atoms with van der Waals surface area (Å²) in [5.41, 5.74) is 1.98. The van der Waals surface area contributed by atoms with Crippen LogP contribution in [0.1, 0.15) is 28.0 Å². The number of aryl methyl sites for hydroxylation is 1. The van der Waals surface area contributed by atoms with Crippen molar-refractivity contribution < 1.29 is 22.8 Å². The Balaban J connectivity index is 1.71. The lowest BCUT2D eigenvalue weighted by atomic mass is 10.0. The van der Waals surface area contributed by atoms with Gasteiger partial charge in [0.1, 0.15) is 0 Å². The molecule has 0 aliphatic heterocycles. The fraction of sp³-hybridized carbons (Fsp3) is 0.136. The zero-order valence-corrected chi connectivity index (χ0v) is 15.5. The third kappa shape index (κ3) is 5.28. The molecule has 0 atom stereocenters. The Morgan fingerprint density at radius 2 is 1.69 bits per heavy atom. The van der Waals surface area contributed by atoms with Crippen LogP contribution in [0.5, 0.6) is 0 Å². The van der Waals surface area contributed by atoms with E-state index in [9.17, 15) is 22.8 Å². The standard InChI is InChI=1S/C22H17F3N2O2/c1-14-10-16(8-9-26-14)15-4-2-5-17(11-15)20(28)13-21(29)27-19-7-3-6-18(12-19)22(23,24)25/h2-12H,13H2,1H3,(H,27,29). The van der Waals surface area contributed by atoms with E-state index < -0.39 is 29.9 Å². The number of benzene rings is 2. The quantitative estimate of drug-likeness (QED) is 0.469. The number of carbonyl (C=O) groups excluding carboxylic acids is 2. The summed E-state index contributed by atoms with van der Waals surface area (Å²) >= 11 is 0. The van der Waals surface area contributed by atoms with Crippen LogP contribution in [0.4, 0.5) is 18.9 Å². The first-order valence-electron chi connectivity index (χ1n) is 8.76. The topological polar surface area (TPSA) is 59.1 Å². The maximum atomic E-state index is 12.8. The molecule has 1 aromatic heterocycles. The van der Waals surface area contributed by atoms with E-state index in [-0.39, 0.29) is 5.69 Å². The van der Waals surface area contributed by atoms with Gasteiger partial charge in [0, 0.05) is 23.1 Å². The monoisotopic (exact) mass is 398 g/mol. The number of ketones is 1. The van der Waals surface area contributed by atoms with Gasteiger partial charge >= 0.3 is 6.18 Å². The number of rotatable bonds is 5. The summed E-state index contributed by atoms with van der Waals surface area (Å²) in [7, 11) is 0. The van der Waals surface area contributed by atoms with E-state index in [1.54, 1.807) is 24.4 Å². The van der Waals surface area contributed by atoms with Crippen LogP contribution in [0.3, 0.4) is 0 Å². The lowest BCUT2D eigenvalue weighted by Gasteiger charge is -2.10. The highest BCUT2D eigenvalue weighted by Crippen LogP contribution is 2.30. The van der Waals surface area contributed by atoms with Crippen molar-refractivity contribution in [2.75, 3.05) is 5.32 Å². The predicted molar refractivity (Wildman–Crippen MR) is 103 cm³/mol. The van der Waals surface area contributed by atoms with Gasteiger partial charge in [0.05, 0.1) is 12.0 Å². The number of halogens is 3. The molecule has 7 heteroatoms. The van der Waals surface area contributed by atoms with Crippen LogP contribution in [-0.2, 0) is 11.0 Å². The molecule has 4 nitrogen and oxygen atoms in total. The second kappa shape index (κ2) is 8.26. The Morgan fingerprint density at radius 3 is 2.41 bits per heavy atom. The number of amides is 1. The van der Waals surface area contributed by atoms with Gasteiger partial charge in [0.15, 0.2) is 5.78 Å². The van der Waals surface area contributed by atoms with Crippen LogP contribution in [0.15, 0.2) is 66.9 Å². The van der Waals surface area contributed by atoms with Crippen molar-refractivity contribution >= 4 is 17.4 Å². The van der Waals surface area contributed by atoms with Gasteiger partial charge < -0.3 is 5.32 Å². The van der Waals surface area contributed by atoms with Crippen molar-refractivity contribution in [2.45, 2.75) is 19.5 Å². The molecule has 0 bridgehead atoms. The first kappa shape index (κ1) is 20.3. The summed E-state index contributed by atoms with van der Waals surface area (Å²) in [6.45, 7) is 1.86. The van der Waals surface area contributed by atoms with E-state index in [0.29, 0.717) is 5.56 Å². The fourth-order valence-electron chi connectivity index (χ4n) is 2.82. The second-order valence-corrected chi connectivity index (χ2v) is 6.49. The maximum absolute atomic E-state index is 12.8. The molecule has 148 valence electrons. The molecule has 1 heterocycles. The van der Waals surface area contributed by atoms with Crippen LogP contribution in [0.2, 0.25) is 0 Å². The van der Waals surface area contributed by atoms with E-state index >= 15 is 0 Å². The van der Waals surface area contributed by atoms with Gasteiger partial charge in [-0.25, -0.2) is 0 Å². The third-order valence-corrected chi connectivity index (χ3v) is 4.21. The number of anilines is 1.